The minimum absolute atomic E-state index is 0.105. The quantitative estimate of drug-likeness (QED) is 0.759. The SMILES string of the molecule is CNc1nc(N(C)[C@H]2C[C@@H](N)C[C@@H]2O)c2cc(CC(F)(F)F)sc2n1. The number of anilines is 2. The molecule has 0 aliphatic heterocycles. The highest BCUT2D eigenvalue weighted by molar-refractivity contribution is 7.18. The molecule has 3 rings (SSSR count). The van der Waals surface area contributed by atoms with Crippen molar-refractivity contribution in [3.63, 3.8) is 0 Å². The van der Waals surface area contributed by atoms with Crippen LogP contribution in [0.3, 0.4) is 0 Å². The summed E-state index contributed by atoms with van der Waals surface area (Å²) in [5.74, 6) is 0.823. The number of hydrogen-bond acceptors (Lipinski definition) is 7. The van der Waals surface area contributed by atoms with Crippen molar-refractivity contribution in [2.45, 2.75) is 43.6 Å². The van der Waals surface area contributed by atoms with Crippen LogP contribution in [-0.4, -0.2) is 53.5 Å². The second-order valence-electron chi connectivity index (χ2n) is 6.32. The topological polar surface area (TPSA) is 87.3 Å². The number of halogens is 3. The predicted octanol–water partition coefficient (Wildman–Crippen LogP) is 2.12. The molecule has 1 aliphatic rings. The molecular weight excluding hydrogens is 355 g/mol. The van der Waals surface area contributed by atoms with E-state index in [1.807, 2.05) is 0 Å². The number of likely N-dealkylation sites (N-methyl/N-ethyl adjacent to an activating group) is 1. The van der Waals surface area contributed by atoms with Crippen LogP contribution in [0.1, 0.15) is 17.7 Å². The minimum atomic E-state index is -4.28. The molecule has 0 spiro atoms. The standard InChI is InChI=1S/C15H20F3N5OS/c1-20-14-21-12(23(2)10-3-7(19)4-11(10)24)9-5-8(6-15(16,17)18)25-13(9)22-14/h5,7,10-11,24H,3-4,6,19H2,1-2H3,(H,20,21,22)/t7-,10+,11+/m1/s1. The van der Waals surface area contributed by atoms with Crippen molar-refractivity contribution in [2.75, 3.05) is 24.3 Å². The van der Waals surface area contributed by atoms with Gasteiger partial charge in [-0.3, -0.25) is 0 Å². The Balaban J connectivity index is 2.03. The van der Waals surface area contributed by atoms with Gasteiger partial charge in [0.1, 0.15) is 10.6 Å². The Hall–Kier alpha value is -1.65. The molecule has 0 aromatic carbocycles. The van der Waals surface area contributed by atoms with Crippen LogP contribution in [0, 0.1) is 0 Å². The number of fused-ring (bicyclic) bond motifs is 1. The number of nitrogens with two attached hydrogens (primary N) is 1. The van der Waals surface area contributed by atoms with Crippen LogP contribution in [-0.2, 0) is 6.42 Å². The van der Waals surface area contributed by atoms with Gasteiger partial charge in [0.2, 0.25) is 5.95 Å². The first-order chi connectivity index (χ1) is 11.7. The molecule has 2 heterocycles. The molecule has 25 heavy (non-hydrogen) atoms. The third kappa shape index (κ3) is 3.80. The van der Waals surface area contributed by atoms with Crippen LogP contribution in [0.5, 0.6) is 0 Å². The summed E-state index contributed by atoms with van der Waals surface area (Å²) in [4.78, 5) is 11.1. The number of aliphatic hydroxyl groups is 1. The summed E-state index contributed by atoms with van der Waals surface area (Å²) in [5, 5.41) is 13.6. The molecule has 10 heteroatoms. The van der Waals surface area contributed by atoms with E-state index in [0.717, 1.165) is 11.3 Å². The smallest absolute Gasteiger partial charge is 0.391 e. The van der Waals surface area contributed by atoms with Crippen LogP contribution in [0.15, 0.2) is 6.07 Å². The second-order valence-corrected chi connectivity index (χ2v) is 7.44. The number of thiophene rings is 1. The van der Waals surface area contributed by atoms with Crippen LogP contribution < -0.4 is 16.0 Å². The molecule has 0 amide bonds. The lowest BCUT2D eigenvalue weighted by molar-refractivity contribution is -0.126. The van der Waals surface area contributed by atoms with Crippen molar-refractivity contribution in [3.05, 3.63) is 10.9 Å². The Morgan fingerprint density at radius 1 is 1.40 bits per heavy atom. The van der Waals surface area contributed by atoms with E-state index in [1.54, 1.807) is 19.0 Å². The van der Waals surface area contributed by atoms with E-state index in [0.29, 0.717) is 34.8 Å². The summed E-state index contributed by atoms with van der Waals surface area (Å²) in [6, 6.07) is 1.15. The van der Waals surface area contributed by atoms with Crippen LogP contribution in [0.4, 0.5) is 24.9 Å². The first-order valence-corrected chi connectivity index (χ1v) is 8.71. The molecule has 3 atom stereocenters. The fourth-order valence-corrected chi connectivity index (χ4v) is 4.28. The maximum Gasteiger partial charge on any atom is 0.393 e. The zero-order valence-electron chi connectivity index (χ0n) is 13.8. The summed E-state index contributed by atoms with van der Waals surface area (Å²) in [6.45, 7) is 0. The molecule has 4 N–H and O–H groups in total. The average molecular weight is 375 g/mol. The Morgan fingerprint density at radius 2 is 2.12 bits per heavy atom. The lowest BCUT2D eigenvalue weighted by atomic mass is 10.1. The van der Waals surface area contributed by atoms with E-state index in [2.05, 4.69) is 15.3 Å². The maximum atomic E-state index is 12.7. The molecular formula is C15H20F3N5OS. The third-order valence-electron chi connectivity index (χ3n) is 4.39. The third-order valence-corrected chi connectivity index (χ3v) is 5.42. The molecule has 6 nitrogen and oxygen atoms in total. The molecule has 2 aromatic heterocycles. The number of aliphatic hydroxyl groups excluding tert-OH is 1. The van der Waals surface area contributed by atoms with Gasteiger partial charge in [-0.1, -0.05) is 0 Å². The van der Waals surface area contributed by atoms with E-state index in [-0.39, 0.29) is 17.0 Å². The van der Waals surface area contributed by atoms with Crippen molar-refractivity contribution in [1.82, 2.24) is 9.97 Å². The van der Waals surface area contributed by atoms with E-state index < -0.39 is 18.7 Å². The molecule has 0 saturated heterocycles. The molecule has 0 radical (unpaired) electrons. The summed E-state index contributed by atoms with van der Waals surface area (Å²) in [7, 11) is 3.42. The molecule has 0 unspecified atom stereocenters. The highest BCUT2D eigenvalue weighted by Crippen LogP contribution is 2.36. The predicted molar refractivity (Wildman–Crippen MR) is 92.1 cm³/mol. The lowest BCUT2D eigenvalue weighted by Crippen LogP contribution is -2.38. The number of nitrogens with zero attached hydrogens (tertiary/aromatic N) is 3. The molecule has 138 valence electrons. The van der Waals surface area contributed by atoms with Crippen molar-refractivity contribution in [2.24, 2.45) is 5.73 Å². The Labute approximate surface area is 146 Å². The van der Waals surface area contributed by atoms with Gasteiger partial charge in [0.05, 0.1) is 24.0 Å². The van der Waals surface area contributed by atoms with Crippen LogP contribution in [0.25, 0.3) is 10.2 Å². The Kier molecular flexibility index (Phi) is 4.78. The van der Waals surface area contributed by atoms with Gasteiger partial charge >= 0.3 is 6.18 Å². The molecule has 1 aliphatic carbocycles. The summed E-state index contributed by atoms with van der Waals surface area (Å²) in [6.07, 6.45) is -4.79. The first-order valence-electron chi connectivity index (χ1n) is 7.89. The highest BCUT2D eigenvalue weighted by Gasteiger charge is 2.35. The van der Waals surface area contributed by atoms with Gasteiger partial charge < -0.3 is 21.1 Å². The zero-order chi connectivity index (χ0) is 18.4. The van der Waals surface area contributed by atoms with E-state index >= 15 is 0 Å². The number of nitrogens with one attached hydrogen (secondary N) is 1. The minimum Gasteiger partial charge on any atom is -0.391 e. The molecule has 1 saturated carbocycles. The fraction of sp³-hybridized carbons (Fsp3) is 0.600. The van der Waals surface area contributed by atoms with E-state index in [1.165, 1.54) is 6.07 Å². The Morgan fingerprint density at radius 3 is 2.68 bits per heavy atom. The fourth-order valence-electron chi connectivity index (χ4n) is 3.23. The second kappa shape index (κ2) is 6.58. The van der Waals surface area contributed by atoms with E-state index in [9.17, 15) is 18.3 Å². The van der Waals surface area contributed by atoms with Gasteiger partial charge in [0.25, 0.3) is 0 Å². The number of alkyl halides is 3. The average Bonchev–Trinajstić information content (AvgIpc) is 3.05. The lowest BCUT2D eigenvalue weighted by Gasteiger charge is -2.28. The monoisotopic (exact) mass is 375 g/mol. The molecule has 0 bridgehead atoms. The maximum absolute atomic E-state index is 12.7. The van der Waals surface area contributed by atoms with Gasteiger partial charge in [-0.15, -0.1) is 11.3 Å². The van der Waals surface area contributed by atoms with Crippen molar-refractivity contribution in [3.8, 4) is 0 Å². The van der Waals surface area contributed by atoms with Gasteiger partial charge in [0, 0.05) is 25.0 Å². The van der Waals surface area contributed by atoms with Crippen molar-refractivity contribution >= 4 is 33.3 Å². The summed E-state index contributed by atoms with van der Waals surface area (Å²) in [5.41, 5.74) is 5.92. The molecule has 2 aromatic rings. The van der Waals surface area contributed by atoms with Crippen LogP contribution >= 0.6 is 11.3 Å². The largest absolute Gasteiger partial charge is 0.393 e. The normalized spacial score (nSPS) is 24.0. The summed E-state index contributed by atoms with van der Waals surface area (Å²) < 4.78 is 38.1. The van der Waals surface area contributed by atoms with E-state index in [4.69, 9.17) is 5.73 Å². The number of rotatable bonds is 4. The van der Waals surface area contributed by atoms with Crippen LogP contribution in [0.2, 0.25) is 0 Å². The van der Waals surface area contributed by atoms with Gasteiger partial charge in [-0.05, 0) is 18.9 Å². The number of aromatic nitrogens is 2. The van der Waals surface area contributed by atoms with Gasteiger partial charge in [0.15, 0.2) is 0 Å². The van der Waals surface area contributed by atoms with Crippen molar-refractivity contribution < 1.29 is 18.3 Å². The van der Waals surface area contributed by atoms with Gasteiger partial charge in [-0.2, -0.15) is 18.2 Å². The van der Waals surface area contributed by atoms with Gasteiger partial charge in [-0.25, -0.2) is 4.98 Å². The Bertz CT molecular complexity index is 765. The zero-order valence-corrected chi connectivity index (χ0v) is 14.7. The number of hydrogen-bond donors (Lipinski definition) is 3. The highest BCUT2D eigenvalue weighted by atomic mass is 32.1. The first kappa shape index (κ1) is 18.2. The summed E-state index contributed by atoms with van der Waals surface area (Å²) >= 11 is 1.00. The molecule has 1 fully saturated rings. The van der Waals surface area contributed by atoms with Crippen molar-refractivity contribution in [1.29, 1.82) is 0 Å².